The monoisotopic (exact) mass is 334 g/mol. The average Bonchev–Trinajstić information content (AvgIpc) is 3.39. The van der Waals surface area contributed by atoms with E-state index in [0.717, 1.165) is 58.5 Å². The second-order valence-corrected chi connectivity index (χ2v) is 7.21. The van der Waals surface area contributed by atoms with Gasteiger partial charge in [0.1, 0.15) is 5.60 Å². The lowest BCUT2D eigenvalue weighted by atomic mass is 9.98. The third kappa shape index (κ3) is 3.64. The number of amides is 1. The van der Waals surface area contributed by atoms with Gasteiger partial charge in [-0.1, -0.05) is 0 Å². The number of ether oxygens (including phenoxy) is 1. The molecule has 2 heterocycles. The van der Waals surface area contributed by atoms with Crippen LogP contribution in [0.15, 0.2) is 12.4 Å². The maximum absolute atomic E-state index is 13.0. The third-order valence-corrected chi connectivity index (χ3v) is 5.50. The Balaban J connectivity index is 1.57. The zero-order valence-corrected chi connectivity index (χ0v) is 15.2. The van der Waals surface area contributed by atoms with E-state index in [1.165, 1.54) is 5.56 Å². The smallest absolute Gasteiger partial charge is 0.254 e. The van der Waals surface area contributed by atoms with Gasteiger partial charge in [0.05, 0.1) is 6.20 Å². The summed E-state index contributed by atoms with van der Waals surface area (Å²) in [6.07, 6.45) is 7.29. The summed E-state index contributed by atoms with van der Waals surface area (Å²) in [7, 11) is 1.67. The molecule has 1 aromatic heterocycles. The van der Waals surface area contributed by atoms with Crippen LogP contribution in [0.1, 0.15) is 38.7 Å². The van der Waals surface area contributed by atoms with Crippen molar-refractivity contribution in [1.29, 1.82) is 0 Å². The molecular weight excluding hydrogens is 304 g/mol. The largest absolute Gasteiger partial charge is 0.368 e. The summed E-state index contributed by atoms with van der Waals surface area (Å²) in [6, 6.07) is 0. The number of aryl methyl sites for hydroxylation is 1. The Morgan fingerprint density at radius 2 is 2.12 bits per heavy atom. The molecule has 6 nitrogen and oxygen atoms in total. The molecule has 24 heavy (non-hydrogen) atoms. The Morgan fingerprint density at radius 1 is 1.33 bits per heavy atom. The van der Waals surface area contributed by atoms with Gasteiger partial charge in [0.15, 0.2) is 0 Å². The molecule has 1 amide bonds. The molecule has 1 aliphatic heterocycles. The number of carbonyl (C=O) groups excluding carboxylic acids is 1. The van der Waals surface area contributed by atoms with Crippen molar-refractivity contribution in [3.8, 4) is 0 Å². The molecule has 1 atom stereocenters. The van der Waals surface area contributed by atoms with Crippen LogP contribution in [0, 0.1) is 5.92 Å². The van der Waals surface area contributed by atoms with Crippen molar-refractivity contribution in [2.45, 2.75) is 51.8 Å². The van der Waals surface area contributed by atoms with Crippen LogP contribution < -0.4 is 0 Å². The van der Waals surface area contributed by atoms with E-state index in [1.54, 1.807) is 7.11 Å². The van der Waals surface area contributed by atoms with Crippen molar-refractivity contribution in [1.82, 2.24) is 19.6 Å². The maximum atomic E-state index is 13.0. The van der Waals surface area contributed by atoms with E-state index in [4.69, 9.17) is 4.74 Å². The van der Waals surface area contributed by atoms with Crippen LogP contribution in [0.25, 0.3) is 0 Å². The highest BCUT2D eigenvalue weighted by molar-refractivity contribution is 5.85. The summed E-state index contributed by atoms with van der Waals surface area (Å²) >= 11 is 0. The van der Waals surface area contributed by atoms with Gasteiger partial charge in [-0.15, -0.1) is 0 Å². The molecule has 0 spiro atoms. The summed E-state index contributed by atoms with van der Waals surface area (Å²) in [5.41, 5.74) is 0.619. The molecule has 1 unspecified atom stereocenters. The number of hydrogen-bond acceptors (Lipinski definition) is 4. The van der Waals surface area contributed by atoms with Crippen LogP contribution in [-0.4, -0.2) is 64.4 Å². The van der Waals surface area contributed by atoms with Gasteiger partial charge in [-0.2, -0.15) is 5.10 Å². The average molecular weight is 334 g/mol. The number of aromatic nitrogens is 2. The van der Waals surface area contributed by atoms with Crippen molar-refractivity contribution in [2.24, 2.45) is 5.92 Å². The van der Waals surface area contributed by atoms with Gasteiger partial charge < -0.3 is 9.64 Å². The van der Waals surface area contributed by atoms with E-state index >= 15 is 0 Å². The van der Waals surface area contributed by atoms with Crippen LogP contribution in [0.5, 0.6) is 0 Å². The minimum Gasteiger partial charge on any atom is -0.368 e. The molecule has 1 aromatic rings. The van der Waals surface area contributed by atoms with Crippen molar-refractivity contribution in [2.75, 3.05) is 33.3 Å². The summed E-state index contributed by atoms with van der Waals surface area (Å²) in [6.45, 7) is 9.42. The lowest BCUT2D eigenvalue weighted by Gasteiger charge is -2.33. The van der Waals surface area contributed by atoms with Crippen molar-refractivity contribution >= 4 is 5.91 Å². The fraction of sp³-hybridized carbons (Fsp3) is 0.778. The molecule has 1 saturated heterocycles. The highest BCUT2D eigenvalue weighted by Gasteiger charge is 2.49. The highest BCUT2D eigenvalue weighted by Crippen LogP contribution is 2.42. The van der Waals surface area contributed by atoms with Gasteiger partial charge >= 0.3 is 0 Å². The molecule has 0 bridgehead atoms. The van der Waals surface area contributed by atoms with Gasteiger partial charge in [-0.05, 0) is 39.0 Å². The lowest BCUT2D eigenvalue weighted by Crippen LogP contribution is -2.50. The number of rotatable bonds is 6. The molecule has 1 saturated carbocycles. The van der Waals surface area contributed by atoms with Gasteiger partial charge in [0.2, 0.25) is 0 Å². The van der Waals surface area contributed by atoms with Crippen LogP contribution in [0.2, 0.25) is 0 Å². The summed E-state index contributed by atoms with van der Waals surface area (Å²) in [5.74, 6) is 0.572. The van der Waals surface area contributed by atoms with Crippen molar-refractivity contribution < 1.29 is 9.53 Å². The van der Waals surface area contributed by atoms with Crippen molar-refractivity contribution in [3.05, 3.63) is 18.0 Å². The zero-order valence-electron chi connectivity index (χ0n) is 15.2. The van der Waals surface area contributed by atoms with Gasteiger partial charge in [0, 0.05) is 58.1 Å². The number of hydrogen-bond donors (Lipinski definition) is 0. The topological polar surface area (TPSA) is 50.6 Å². The second-order valence-electron chi connectivity index (χ2n) is 7.21. The zero-order chi connectivity index (χ0) is 17.2. The van der Waals surface area contributed by atoms with E-state index in [0.29, 0.717) is 5.92 Å². The standard InChI is InChI=1S/C18H30N4O2/c1-4-22-14-15(12-19-22)13-20-8-5-9-21(11-10-20)17(23)18(2,24-3)16-6-7-16/h12,14,16H,4-11,13H2,1-3H3. The quantitative estimate of drug-likeness (QED) is 0.795. The van der Waals surface area contributed by atoms with Crippen LogP contribution in [-0.2, 0) is 22.6 Å². The molecular formula is C18H30N4O2. The molecule has 0 N–H and O–H groups in total. The first kappa shape index (κ1) is 17.4. The molecule has 2 fully saturated rings. The normalized spacial score (nSPS) is 22.2. The summed E-state index contributed by atoms with van der Waals surface area (Å²) in [5, 5.41) is 4.35. The fourth-order valence-electron chi connectivity index (χ4n) is 3.63. The first-order valence-electron chi connectivity index (χ1n) is 9.15. The van der Waals surface area contributed by atoms with E-state index < -0.39 is 5.60 Å². The lowest BCUT2D eigenvalue weighted by molar-refractivity contribution is -0.155. The van der Waals surface area contributed by atoms with Gasteiger partial charge in [-0.25, -0.2) is 0 Å². The van der Waals surface area contributed by atoms with Crippen LogP contribution in [0.3, 0.4) is 0 Å². The minimum atomic E-state index is -0.628. The molecule has 2 aliphatic rings. The minimum absolute atomic E-state index is 0.174. The molecule has 0 aromatic carbocycles. The molecule has 3 rings (SSSR count). The number of carbonyl (C=O) groups is 1. The van der Waals surface area contributed by atoms with E-state index in [9.17, 15) is 4.79 Å². The first-order valence-corrected chi connectivity index (χ1v) is 9.15. The Bertz CT molecular complexity index is 569. The first-order chi connectivity index (χ1) is 11.6. The Hall–Kier alpha value is -1.40. The Labute approximate surface area is 144 Å². The number of methoxy groups -OCH3 is 1. The number of nitrogens with zero attached hydrogens (tertiary/aromatic N) is 4. The van der Waals surface area contributed by atoms with E-state index in [1.807, 2.05) is 22.7 Å². The second kappa shape index (κ2) is 7.23. The van der Waals surface area contributed by atoms with Crippen LogP contribution >= 0.6 is 0 Å². The maximum Gasteiger partial charge on any atom is 0.254 e. The molecule has 134 valence electrons. The van der Waals surface area contributed by atoms with E-state index in [2.05, 4.69) is 23.1 Å². The molecule has 1 aliphatic carbocycles. The Morgan fingerprint density at radius 3 is 2.75 bits per heavy atom. The van der Waals surface area contributed by atoms with Gasteiger partial charge in [-0.3, -0.25) is 14.4 Å². The molecule has 0 radical (unpaired) electrons. The highest BCUT2D eigenvalue weighted by atomic mass is 16.5. The summed E-state index contributed by atoms with van der Waals surface area (Å²) in [4.78, 5) is 17.4. The SMILES string of the molecule is CCn1cc(CN2CCCN(C(=O)C(C)(OC)C3CC3)CC2)cn1. The van der Waals surface area contributed by atoms with E-state index in [-0.39, 0.29) is 5.91 Å². The van der Waals surface area contributed by atoms with Gasteiger partial charge in [0.25, 0.3) is 5.91 Å². The predicted molar refractivity (Wildman–Crippen MR) is 92.5 cm³/mol. The third-order valence-electron chi connectivity index (χ3n) is 5.50. The fourth-order valence-corrected chi connectivity index (χ4v) is 3.63. The molecule has 6 heteroatoms. The van der Waals surface area contributed by atoms with Crippen LogP contribution in [0.4, 0.5) is 0 Å². The predicted octanol–water partition coefficient (Wildman–Crippen LogP) is 1.75. The Kier molecular flexibility index (Phi) is 5.25. The van der Waals surface area contributed by atoms with Crippen molar-refractivity contribution in [3.63, 3.8) is 0 Å². The summed E-state index contributed by atoms with van der Waals surface area (Å²) < 4.78 is 7.60.